The van der Waals surface area contributed by atoms with E-state index in [9.17, 15) is 5.11 Å². The Morgan fingerprint density at radius 3 is 2.85 bits per heavy atom. The van der Waals surface area contributed by atoms with Gasteiger partial charge in [0, 0.05) is 12.4 Å². The zero-order valence-corrected chi connectivity index (χ0v) is 7.14. The molecule has 1 N–H and O–H groups in total. The van der Waals surface area contributed by atoms with Crippen molar-refractivity contribution < 1.29 is 5.11 Å². The molecular weight excluding hydrogens is 164 g/mol. The van der Waals surface area contributed by atoms with Gasteiger partial charge in [0.15, 0.2) is 0 Å². The summed E-state index contributed by atoms with van der Waals surface area (Å²) in [5, 5.41) is 9.21. The molecule has 3 heteroatoms. The Kier molecular flexibility index (Phi) is 1.78. The molecule has 1 heterocycles. The van der Waals surface area contributed by atoms with Crippen LogP contribution in [0.4, 0.5) is 0 Å². The van der Waals surface area contributed by atoms with Gasteiger partial charge in [0.05, 0.1) is 24.5 Å². The zero-order chi connectivity index (χ0) is 9.31. The third kappa shape index (κ3) is 1.20. The molecule has 1 fully saturated rings. The van der Waals surface area contributed by atoms with Crippen LogP contribution in [0.25, 0.3) is 4.85 Å². The van der Waals surface area contributed by atoms with Crippen molar-refractivity contribution in [1.82, 2.24) is 4.98 Å². The summed E-state index contributed by atoms with van der Waals surface area (Å²) in [6.07, 6.45) is 4.18. The van der Waals surface area contributed by atoms with Crippen molar-refractivity contribution in [2.45, 2.75) is 24.5 Å². The second-order valence-corrected chi connectivity index (χ2v) is 3.45. The van der Waals surface area contributed by atoms with Gasteiger partial charge in [-0.2, -0.15) is 0 Å². The van der Waals surface area contributed by atoms with Crippen molar-refractivity contribution in [1.29, 1.82) is 0 Å². The van der Waals surface area contributed by atoms with Crippen molar-refractivity contribution in [3.8, 4) is 0 Å². The number of pyridine rings is 1. The largest absolute Gasteiger partial charge is 0.392 e. The number of nitrogens with zero attached hydrogens (tertiary/aromatic N) is 2. The topological polar surface area (TPSA) is 37.5 Å². The fourth-order valence-electron chi connectivity index (χ4n) is 1.75. The molecule has 3 nitrogen and oxygen atoms in total. The molecule has 0 aliphatic heterocycles. The van der Waals surface area contributed by atoms with Crippen LogP contribution >= 0.6 is 0 Å². The highest BCUT2D eigenvalue weighted by Gasteiger charge is 2.51. The molecular formula is C10H10N2O. The number of aromatic nitrogens is 1. The van der Waals surface area contributed by atoms with Crippen molar-refractivity contribution >= 4 is 0 Å². The molecule has 1 aromatic rings. The fraction of sp³-hybridized carbons (Fsp3) is 0.400. The molecule has 0 atom stereocenters. The molecule has 0 radical (unpaired) electrons. The summed E-state index contributed by atoms with van der Waals surface area (Å²) < 4.78 is 0. The zero-order valence-electron chi connectivity index (χ0n) is 7.14. The van der Waals surface area contributed by atoms with Gasteiger partial charge >= 0.3 is 0 Å². The third-order valence-corrected chi connectivity index (χ3v) is 2.56. The van der Waals surface area contributed by atoms with E-state index in [0.717, 1.165) is 5.56 Å². The summed E-state index contributed by atoms with van der Waals surface area (Å²) in [6.45, 7) is 7.12. The van der Waals surface area contributed by atoms with Gasteiger partial charge in [-0.3, -0.25) is 4.98 Å². The minimum absolute atomic E-state index is 0.311. The molecule has 2 rings (SSSR count). The number of hydrogen-bond donors (Lipinski definition) is 1. The Labute approximate surface area is 76.9 Å². The van der Waals surface area contributed by atoms with Gasteiger partial charge in [0.25, 0.3) is 5.54 Å². The summed E-state index contributed by atoms with van der Waals surface area (Å²) in [7, 11) is 0. The lowest BCUT2D eigenvalue weighted by Crippen LogP contribution is -2.41. The molecule has 1 aromatic heterocycles. The van der Waals surface area contributed by atoms with E-state index in [1.54, 1.807) is 12.4 Å². The Morgan fingerprint density at radius 1 is 1.62 bits per heavy atom. The van der Waals surface area contributed by atoms with E-state index in [-0.39, 0.29) is 6.10 Å². The van der Waals surface area contributed by atoms with E-state index in [0.29, 0.717) is 12.8 Å². The van der Waals surface area contributed by atoms with E-state index in [2.05, 4.69) is 9.83 Å². The van der Waals surface area contributed by atoms with E-state index >= 15 is 0 Å². The van der Waals surface area contributed by atoms with Crippen LogP contribution in [0, 0.1) is 6.57 Å². The molecule has 0 saturated heterocycles. The highest BCUT2D eigenvalue weighted by molar-refractivity contribution is 5.29. The van der Waals surface area contributed by atoms with Crippen LogP contribution in [-0.2, 0) is 5.54 Å². The Hall–Kier alpha value is -1.40. The first-order valence-corrected chi connectivity index (χ1v) is 4.24. The van der Waals surface area contributed by atoms with Crippen molar-refractivity contribution in [3.05, 3.63) is 41.5 Å². The second-order valence-electron chi connectivity index (χ2n) is 3.45. The SMILES string of the molecule is [C-]#[N+]C1(c2cccnc2)CC(O)C1. The van der Waals surface area contributed by atoms with Gasteiger partial charge in [0.2, 0.25) is 0 Å². The van der Waals surface area contributed by atoms with Crippen LogP contribution in [0.2, 0.25) is 0 Å². The highest BCUT2D eigenvalue weighted by atomic mass is 16.3. The van der Waals surface area contributed by atoms with Crippen molar-refractivity contribution in [2.75, 3.05) is 0 Å². The third-order valence-electron chi connectivity index (χ3n) is 2.56. The van der Waals surface area contributed by atoms with Gasteiger partial charge < -0.3 is 9.95 Å². The summed E-state index contributed by atoms with van der Waals surface area (Å²) in [5.41, 5.74) is 0.434. The van der Waals surface area contributed by atoms with Crippen LogP contribution in [0.1, 0.15) is 18.4 Å². The lowest BCUT2D eigenvalue weighted by Gasteiger charge is -2.34. The first-order valence-electron chi connectivity index (χ1n) is 4.24. The summed E-state index contributed by atoms with van der Waals surface area (Å²) >= 11 is 0. The number of aliphatic hydroxyl groups is 1. The highest BCUT2D eigenvalue weighted by Crippen LogP contribution is 2.44. The van der Waals surface area contributed by atoms with Crippen LogP contribution in [-0.4, -0.2) is 16.2 Å². The summed E-state index contributed by atoms with van der Waals surface area (Å²) in [5.74, 6) is 0. The lowest BCUT2D eigenvalue weighted by molar-refractivity contribution is 0.0399. The molecule has 1 aliphatic rings. The van der Waals surface area contributed by atoms with Crippen molar-refractivity contribution in [2.24, 2.45) is 0 Å². The number of aliphatic hydroxyl groups excluding tert-OH is 1. The number of hydrogen-bond acceptors (Lipinski definition) is 2. The smallest absolute Gasteiger partial charge is 0.264 e. The summed E-state index contributed by atoms with van der Waals surface area (Å²) in [6, 6.07) is 3.73. The molecule has 13 heavy (non-hydrogen) atoms. The molecule has 0 aromatic carbocycles. The molecule has 0 amide bonds. The normalized spacial score (nSPS) is 31.8. The Morgan fingerprint density at radius 2 is 2.38 bits per heavy atom. The van der Waals surface area contributed by atoms with Crippen molar-refractivity contribution in [3.63, 3.8) is 0 Å². The average molecular weight is 174 g/mol. The maximum Gasteiger partial charge on any atom is 0.264 e. The molecule has 0 unspecified atom stereocenters. The van der Waals surface area contributed by atoms with Gasteiger partial charge in [0.1, 0.15) is 0 Å². The molecule has 0 spiro atoms. The quantitative estimate of drug-likeness (QED) is 0.652. The maximum atomic E-state index is 9.21. The van der Waals surface area contributed by atoms with Crippen LogP contribution in [0.5, 0.6) is 0 Å². The Bertz CT molecular complexity index is 336. The molecule has 0 bridgehead atoms. The van der Waals surface area contributed by atoms with Crippen LogP contribution < -0.4 is 0 Å². The number of rotatable bonds is 1. The first-order chi connectivity index (χ1) is 6.27. The first kappa shape index (κ1) is 8.21. The molecule has 1 aliphatic carbocycles. The van der Waals surface area contributed by atoms with Gasteiger partial charge in [-0.15, -0.1) is 0 Å². The van der Waals surface area contributed by atoms with Gasteiger partial charge in [-0.1, -0.05) is 0 Å². The average Bonchev–Trinajstić information content (AvgIpc) is 2.14. The lowest BCUT2D eigenvalue weighted by atomic mass is 9.71. The van der Waals surface area contributed by atoms with Gasteiger partial charge in [-0.25, -0.2) is 6.57 Å². The van der Waals surface area contributed by atoms with E-state index in [4.69, 9.17) is 6.57 Å². The fourth-order valence-corrected chi connectivity index (χ4v) is 1.75. The molecule has 66 valence electrons. The van der Waals surface area contributed by atoms with E-state index < -0.39 is 5.54 Å². The molecule has 1 saturated carbocycles. The predicted octanol–water partition coefficient (Wildman–Crippen LogP) is 1.35. The summed E-state index contributed by atoms with van der Waals surface area (Å²) in [4.78, 5) is 7.58. The monoisotopic (exact) mass is 174 g/mol. The van der Waals surface area contributed by atoms with E-state index in [1.807, 2.05) is 12.1 Å². The minimum atomic E-state index is -0.492. The second kappa shape index (κ2) is 2.82. The predicted molar refractivity (Wildman–Crippen MR) is 47.8 cm³/mol. The standard InChI is InChI=1S/C10H10N2O/c1-11-10(5-9(13)6-10)8-3-2-4-12-7-8/h2-4,7,9,13H,5-6H2. The maximum absolute atomic E-state index is 9.21. The van der Waals surface area contributed by atoms with Gasteiger partial charge in [-0.05, 0) is 12.1 Å². The van der Waals surface area contributed by atoms with Crippen LogP contribution in [0.15, 0.2) is 24.5 Å². The van der Waals surface area contributed by atoms with Crippen LogP contribution in [0.3, 0.4) is 0 Å². The minimum Gasteiger partial charge on any atom is -0.392 e. The van der Waals surface area contributed by atoms with E-state index in [1.165, 1.54) is 0 Å². The Balaban J connectivity index is 2.31.